The van der Waals surface area contributed by atoms with Gasteiger partial charge in [-0.2, -0.15) is 0 Å². The highest BCUT2D eigenvalue weighted by Crippen LogP contribution is 2.34. The molecule has 4 heteroatoms. The van der Waals surface area contributed by atoms with Crippen LogP contribution < -0.4 is 0 Å². The Morgan fingerprint density at radius 1 is 1.29 bits per heavy atom. The van der Waals surface area contributed by atoms with Crippen molar-refractivity contribution in [3.05, 3.63) is 35.4 Å². The van der Waals surface area contributed by atoms with E-state index in [2.05, 4.69) is 29.8 Å². The van der Waals surface area contributed by atoms with E-state index < -0.39 is 12.0 Å². The molecule has 1 saturated heterocycles. The lowest BCUT2D eigenvalue weighted by Crippen LogP contribution is -2.52. The summed E-state index contributed by atoms with van der Waals surface area (Å²) in [7, 11) is 2.15. The van der Waals surface area contributed by atoms with E-state index in [1.807, 2.05) is 18.2 Å². The first kappa shape index (κ1) is 14.5. The van der Waals surface area contributed by atoms with Gasteiger partial charge in [0, 0.05) is 18.6 Å². The summed E-state index contributed by atoms with van der Waals surface area (Å²) in [5.74, 6) is -0.714. The van der Waals surface area contributed by atoms with Crippen molar-refractivity contribution in [2.45, 2.75) is 44.3 Å². The molecule has 2 aliphatic heterocycles. The van der Waals surface area contributed by atoms with Crippen LogP contribution in [0.5, 0.6) is 0 Å². The number of carboxylic acids is 1. The van der Waals surface area contributed by atoms with Crippen LogP contribution in [0.2, 0.25) is 0 Å². The molecule has 21 heavy (non-hydrogen) atoms. The quantitative estimate of drug-likeness (QED) is 0.905. The van der Waals surface area contributed by atoms with Gasteiger partial charge in [0.05, 0.1) is 0 Å². The van der Waals surface area contributed by atoms with E-state index in [-0.39, 0.29) is 0 Å². The molecule has 114 valence electrons. The molecule has 0 amide bonds. The van der Waals surface area contributed by atoms with Gasteiger partial charge in [0.25, 0.3) is 0 Å². The van der Waals surface area contributed by atoms with Gasteiger partial charge >= 0.3 is 5.97 Å². The number of likely N-dealkylation sites (tertiary alicyclic amines) is 1. The lowest BCUT2D eigenvalue weighted by Gasteiger charge is -2.45. The molecule has 3 unspecified atom stereocenters. The van der Waals surface area contributed by atoms with Crippen LogP contribution in [-0.4, -0.2) is 53.1 Å². The second-order valence-electron chi connectivity index (χ2n) is 6.44. The summed E-state index contributed by atoms with van der Waals surface area (Å²) in [6, 6.07) is 8.44. The normalized spacial score (nSPS) is 30.9. The first-order valence-corrected chi connectivity index (χ1v) is 7.84. The number of carboxylic acid groups (broad SMARTS) is 1. The zero-order valence-corrected chi connectivity index (χ0v) is 12.8. The zero-order chi connectivity index (χ0) is 15.0. The van der Waals surface area contributed by atoms with Gasteiger partial charge in [-0.1, -0.05) is 24.3 Å². The van der Waals surface area contributed by atoms with Crippen LogP contribution in [0.3, 0.4) is 0 Å². The van der Waals surface area contributed by atoms with Crippen LogP contribution in [0.1, 0.15) is 36.9 Å². The predicted molar refractivity (Wildman–Crippen MR) is 82.3 cm³/mol. The largest absolute Gasteiger partial charge is 0.480 e. The Morgan fingerprint density at radius 2 is 2.05 bits per heavy atom. The first-order valence-electron chi connectivity index (χ1n) is 7.84. The van der Waals surface area contributed by atoms with Crippen molar-refractivity contribution in [2.75, 3.05) is 20.1 Å². The third-order valence-corrected chi connectivity index (χ3v) is 5.20. The fraction of sp³-hybridized carbons (Fsp3) is 0.588. The Labute approximate surface area is 126 Å². The number of piperidine rings is 1. The third kappa shape index (κ3) is 2.70. The van der Waals surface area contributed by atoms with E-state index in [0.717, 1.165) is 37.9 Å². The summed E-state index contributed by atoms with van der Waals surface area (Å²) < 4.78 is 0. The minimum absolute atomic E-state index is 0.380. The number of carbonyl (C=O) groups is 1. The molecule has 2 heterocycles. The summed E-state index contributed by atoms with van der Waals surface area (Å²) >= 11 is 0. The first-order chi connectivity index (χ1) is 10.1. The average molecular weight is 288 g/mol. The molecule has 1 fully saturated rings. The summed E-state index contributed by atoms with van der Waals surface area (Å²) in [5, 5.41) is 9.75. The number of aliphatic carboxylic acids is 1. The number of nitrogens with zero attached hydrogens (tertiary/aromatic N) is 2. The topological polar surface area (TPSA) is 43.8 Å². The summed E-state index contributed by atoms with van der Waals surface area (Å²) in [6.07, 6.45) is 3.08. The molecule has 0 radical (unpaired) electrons. The van der Waals surface area contributed by atoms with Gasteiger partial charge in [-0.05, 0) is 50.9 Å². The minimum atomic E-state index is -0.714. The fourth-order valence-electron chi connectivity index (χ4n) is 3.82. The van der Waals surface area contributed by atoms with Crippen molar-refractivity contribution in [2.24, 2.45) is 0 Å². The molecule has 1 aromatic carbocycles. The van der Waals surface area contributed by atoms with Crippen molar-refractivity contribution in [3.63, 3.8) is 0 Å². The highest BCUT2D eigenvalue weighted by Gasteiger charge is 2.38. The molecule has 0 aromatic heterocycles. The Morgan fingerprint density at radius 3 is 2.76 bits per heavy atom. The lowest BCUT2D eigenvalue weighted by molar-refractivity contribution is -0.145. The predicted octanol–water partition coefficient (Wildman–Crippen LogP) is 2.15. The molecular formula is C17H24N2O2. The van der Waals surface area contributed by atoms with Crippen molar-refractivity contribution in [3.8, 4) is 0 Å². The number of fused-ring (bicyclic) bond motifs is 1. The molecule has 0 saturated carbocycles. The van der Waals surface area contributed by atoms with Gasteiger partial charge in [0.2, 0.25) is 0 Å². The van der Waals surface area contributed by atoms with Crippen molar-refractivity contribution in [1.29, 1.82) is 0 Å². The smallest absolute Gasteiger partial charge is 0.325 e. The van der Waals surface area contributed by atoms with Crippen LogP contribution in [-0.2, 0) is 11.2 Å². The van der Waals surface area contributed by atoms with Gasteiger partial charge in [0.1, 0.15) is 6.04 Å². The molecule has 3 rings (SSSR count). The highest BCUT2D eigenvalue weighted by atomic mass is 16.4. The van der Waals surface area contributed by atoms with Crippen LogP contribution >= 0.6 is 0 Å². The van der Waals surface area contributed by atoms with E-state index in [1.54, 1.807) is 0 Å². The second kappa shape index (κ2) is 5.78. The van der Waals surface area contributed by atoms with Crippen LogP contribution in [0.15, 0.2) is 24.3 Å². The lowest BCUT2D eigenvalue weighted by atomic mass is 9.88. The van der Waals surface area contributed by atoms with Crippen molar-refractivity contribution < 1.29 is 9.90 Å². The van der Waals surface area contributed by atoms with Gasteiger partial charge < -0.3 is 10.0 Å². The molecule has 0 bridgehead atoms. The molecule has 4 nitrogen and oxygen atoms in total. The van der Waals surface area contributed by atoms with Gasteiger partial charge in [-0.25, -0.2) is 0 Å². The third-order valence-electron chi connectivity index (χ3n) is 5.20. The average Bonchev–Trinajstić information content (AvgIpc) is 2.48. The van der Waals surface area contributed by atoms with Crippen molar-refractivity contribution >= 4 is 5.97 Å². The van der Waals surface area contributed by atoms with E-state index in [9.17, 15) is 9.90 Å². The maximum absolute atomic E-state index is 11.9. The van der Waals surface area contributed by atoms with Gasteiger partial charge in [-0.15, -0.1) is 0 Å². The van der Waals surface area contributed by atoms with E-state index >= 15 is 0 Å². The summed E-state index contributed by atoms with van der Waals surface area (Å²) in [5.41, 5.74) is 2.19. The Bertz CT molecular complexity index is 531. The molecule has 0 aliphatic carbocycles. The van der Waals surface area contributed by atoms with Crippen LogP contribution in [0.25, 0.3) is 0 Å². The van der Waals surface area contributed by atoms with Gasteiger partial charge in [0.15, 0.2) is 0 Å². The zero-order valence-electron chi connectivity index (χ0n) is 12.8. The Hall–Kier alpha value is -1.39. The van der Waals surface area contributed by atoms with Crippen LogP contribution in [0.4, 0.5) is 0 Å². The maximum Gasteiger partial charge on any atom is 0.325 e. The molecule has 2 aliphatic rings. The Kier molecular flexibility index (Phi) is 4.00. The van der Waals surface area contributed by atoms with E-state index in [0.29, 0.717) is 12.1 Å². The SMILES string of the molecule is CC1CC(N2CCc3ccccc3C2C(=O)O)CCN1C. The monoisotopic (exact) mass is 288 g/mol. The Balaban J connectivity index is 1.87. The maximum atomic E-state index is 11.9. The van der Waals surface area contributed by atoms with Gasteiger partial charge in [-0.3, -0.25) is 9.69 Å². The number of hydrogen-bond acceptors (Lipinski definition) is 3. The summed E-state index contributed by atoms with van der Waals surface area (Å²) in [6.45, 7) is 4.14. The highest BCUT2D eigenvalue weighted by molar-refractivity contribution is 5.76. The molecular weight excluding hydrogens is 264 g/mol. The minimum Gasteiger partial charge on any atom is -0.480 e. The second-order valence-corrected chi connectivity index (χ2v) is 6.44. The van der Waals surface area contributed by atoms with E-state index in [4.69, 9.17) is 0 Å². The van der Waals surface area contributed by atoms with Crippen molar-refractivity contribution in [1.82, 2.24) is 9.80 Å². The van der Waals surface area contributed by atoms with E-state index in [1.165, 1.54) is 5.56 Å². The number of benzene rings is 1. The van der Waals surface area contributed by atoms with Crippen LogP contribution in [0, 0.1) is 0 Å². The number of hydrogen-bond donors (Lipinski definition) is 1. The summed E-state index contributed by atoms with van der Waals surface area (Å²) in [4.78, 5) is 16.5. The molecule has 0 spiro atoms. The molecule has 3 atom stereocenters. The standard InChI is InChI=1S/C17H24N2O2/c1-12-11-14(8-9-18(12)2)19-10-7-13-5-3-4-6-15(13)16(19)17(20)21/h3-6,12,14,16H,7-11H2,1-2H3,(H,20,21). The molecule has 1 aromatic rings. The fourth-order valence-corrected chi connectivity index (χ4v) is 3.82. The number of rotatable bonds is 2. The molecule has 1 N–H and O–H groups in total.